The molecule has 0 amide bonds. The SMILES string of the molecule is CNC(C(=O)O)c1nccc(-c2ccc(Br)s2)n1. The van der Waals surface area contributed by atoms with Crippen LogP contribution in [-0.4, -0.2) is 28.1 Å². The second-order valence-electron chi connectivity index (χ2n) is 3.46. The highest BCUT2D eigenvalue weighted by Gasteiger charge is 2.21. The Balaban J connectivity index is 2.38. The lowest BCUT2D eigenvalue weighted by Gasteiger charge is -2.09. The Morgan fingerprint density at radius 2 is 2.28 bits per heavy atom. The monoisotopic (exact) mass is 327 g/mol. The van der Waals surface area contributed by atoms with Crippen molar-refractivity contribution in [3.05, 3.63) is 34.0 Å². The lowest BCUT2D eigenvalue weighted by molar-refractivity contribution is -0.139. The number of likely N-dealkylation sites (N-methyl/N-ethyl adjacent to an activating group) is 1. The molecule has 0 bridgehead atoms. The summed E-state index contributed by atoms with van der Waals surface area (Å²) in [6.45, 7) is 0. The fourth-order valence-corrected chi connectivity index (χ4v) is 2.82. The van der Waals surface area contributed by atoms with Crippen molar-refractivity contribution in [1.82, 2.24) is 15.3 Å². The van der Waals surface area contributed by atoms with Gasteiger partial charge in [-0.05, 0) is 41.2 Å². The molecule has 1 atom stereocenters. The predicted molar refractivity (Wildman–Crippen MR) is 72.5 cm³/mol. The molecule has 0 aromatic carbocycles. The Kier molecular flexibility index (Phi) is 4.05. The smallest absolute Gasteiger partial charge is 0.328 e. The van der Waals surface area contributed by atoms with Crippen molar-refractivity contribution in [2.45, 2.75) is 6.04 Å². The highest BCUT2D eigenvalue weighted by molar-refractivity contribution is 9.11. The van der Waals surface area contributed by atoms with E-state index in [1.54, 1.807) is 19.3 Å². The van der Waals surface area contributed by atoms with E-state index in [-0.39, 0.29) is 5.82 Å². The van der Waals surface area contributed by atoms with E-state index in [2.05, 4.69) is 31.2 Å². The summed E-state index contributed by atoms with van der Waals surface area (Å²) in [4.78, 5) is 20.3. The third-order valence-corrected chi connectivity index (χ3v) is 3.94. The molecule has 18 heavy (non-hydrogen) atoms. The number of hydrogen-bond acceptors (Lipinski definition) is 5. The van der Waals surface area contributed by atoms with E-state index in [4.69, 9.17) is 5.11 Å². The second-order valence-corrected chi connectivity index (χ2v) is 5.93. The maximum atomic E-state index is 11.0. The molecule has 0 aliphatic heterocycles. The zero-order chi connectivity index (χ0) is 13.1. The molecule has 2 aromatic rings. The van der Waals surface area contributed by atoms with Gasteiger partial charge in [0.05, 0.1) is 14.4 Å². The number of carboxylic acids is 1. The highest BCUT2D eigenvalue weighted by Crippen LogP contribution is 2.30. The molecule has 2 N–H and O–H groups in total. The maximum absolute atomic E-state index is 11.0. The number of rotatable bonds is 4. The first-order chi connectivity index (χ1) is 8.61. The maximum Gasteiger partial charge on any atom is 0.328 e. The summed E-state index contributed by atoms with van der Waals surface area (Å²) < 4.78 is 1.00. The van der Waals surface area contributed by atoms with Gasteiger partial charge in [-0.25, -0.2) is 9.97 Å². The van der Waals surface area contributed by atoms with Gasteiger partial charge in [0, 0.05) is 6.20 Å². The average molecular weight is 328 g/mol. The molecule has 2 aromatic heterocycles. The van der Waals surface area contributed by atoms with Gasteiger partial charge in [-0.2, -0.15) is 0 Å². The number of nitrogens with zero attached hydrogens (tertiary/aromatic N) is 2. The van der Waals surface area contributed by atoms with Crippen molar-refractivity contribution in [2.24, 2.45) is 0 Å². The number of halogens is 1. The summed E-state index contributed by atoms with van der Waals surface area (Å²) in [6.07, 6.45) is 1.57. The van der Waals surface area contributed by atoms with E-state index in [1.165, 1.54) is 11.3 Å². The summed E-state index contributed by atoms with van der Waals surface area (Å²) in [5, 5.41) is 11.7. The molecule has 2 heterocycles. The van der Waals surface area contributed by atoms with Gasteiger partial charge in [-0.1, -0.05) is 0 Å². The minimum Gasteiger partial charge on any atom is -0.480 e. The van der Waals surface area contributed by atoms with Crippen LogP contribution in [0.25, 0.3) is 10.6 Å². The molecule has 1 unspecified atom stereocenters. The molecule has 5 nitrogen and oxygen atoms in total. The van der Waals surface area contributed by atoms with Crippen LogP contribution in [-0.2, 0) is 4.79 Å². The number of carbonyl (C=O) groups is 1. The number of aromatic nitrogens is 2. The van der Waals surface area contributed by atoms with Crippen LogP contribution in [0, 0.1) is 0 Å². The Hall–Kier alpha value is -1.31. The third kappa shape index (κ3) is 2.74. The molecule has 0 radical (unpaired) electrons. The molecular weight excluding hydrogens is 318 g/mol. The Morgan fingerprint density at radius 3 is 2.83 bits per heavy atom. The second kappa shape index (κ2) is 5.55. The van der Waals surface area contributed by atoms with Crippen LogP contribution in [0.4, 0.5) is 0 Å². The van der Waals surface area contributed by atoms with Gasteiger partial charge in [-0.15, -0.1) is 11.3 Å². The van der Waals surface area contributed by atoms with E-state index >= 15 is 0 Å². The summed E-state index contributed by atoms with van der Waals surface area (Å²) in [7, 11) is 1.57. The van der Waals surface area contributed by atoms with Gasteiger partial charge in [0.2, 0.25) is 0 Å². The topological polar surface area (TPSA) is 75.1 Å². The first-order valence-electron chi connectivity index (χ1n) is 5.10. The molecule has 0 spiro atoms. The van der Waals surface area contributed by atoms with Crippen LogP contribution in [0.5, 0.6) is 0 Å². The molecule has 94 valence electrons. The van der Waals surface area contributed by atoms with Gasteiger partial charge < -0.3 is 10.4 Å². The van der Waals surface area contributed by atoms with E-state index < -0.39 is 12.0 Å². The Morgan fingerprint density at radius 1 is 1.50 bits per heavy atom. The van der Waals surface area contributed by atoms with Crippen LogP contribution in [0.3, 0.4) is 0 Å². The van der Waals surface area contributed by atoms with Crippen LogP contribution in [0.1, 0.15) is 11.9 Å². The van der Waals surface area contributed by atoms with Crippen LogP contribution < -0.4 is 5.32 Å². The third-order valence-electron chi connectivity index (χ3n) is 2.29. The van der Waals surface area contributed by atoms with Crippen LogP contribution in [0.2, 0.25) is 0 Å². The molecule has 2 rings (SSSR count). The van der Waals surface area contributed by atoms with Crippen molar-refractivity contribution < 1.29 is 9.90 Å². The number of carboxylic acid groups (broad SMARTS) is 1. The summed E-state index contributed by atoms with van der Waals surface area (Å²) in [5.41, 5.74) is 0.720. The van der Waals surface area contributed by atoms with Crippen molar-refractivity contribution >= 4 is 33.2 Å². The van der Waals surface area contributed by atoms with Gasteiger partial charge in [0.25, 0.3) is 0 Å². The summed E-state index contributed by atoms with van der Waals surface area (Å²) in [5.74, 6) is -0.742. The molecular formula is C11H10BrN3O2S. The van der Waals surface area contributed by atoms with E-state index in [1.807, 2.05) is 12.1 Å². The van der Waals surface area contributed by atoms with Crippen molar-refractivity contribution in [3.63, 3.8) is 0 Å². The summed E-state index contributed by atoms with van der Waals surface area (Å²) in [6, 6.07) is 4.72. The Bertz CT molecular complexity index is 573. The van der Waals surface area contributed by atoms with Crippen LogP contribution in [0.15, 0.2) is 28.2 Å². The van der Waals surface area contributed by atoms with Gasteiger partial charge in [0.1, 0.15) is 0 Å². The van der Waals surface area contributed by atoms with E-state index in [9.17, 15) is 4.79 Å². The summed E-state index contributed by atoms with van der Waals surface area (Å²) >= 11 is 4.92. The number of thiophene rings is 1. The largest absolute Gasteiger partial charge is 0.480 e. The fourth-order valence-electron chi connectivity index (χ4n) is 1.47. The van der Waals surface area contributed by atoms with E-state index in [0.717, 1.165) is 14.4 Å². The highest BCUT2D eigenvalue weighted by atomic mass is 79.9. The van der Waals surface area contributed by atoms with Crippen molar-refractivity contribution in [1.29, 1.82) is 0 Å². The van der Waals surface area contributed by atoms with Gasteiger partial charge >= 0.3 is 5.97 Å². The predicted octanol–water partition coefficient (Wildman–Crippen LogP) is 2.31. The molecule has 0 aliphatic rings. The first kappa shape index (κ1) is 13.1. The quantitative estimate of drug-likeness (QED) is 0.901. The molecule has 7 heteroatoms. The number of aliphatic carboxylic acids is 1. The van der Waals surface area contributed by atoms with Crippen molar-refractivity contribution in [3.8, 4) is 10.6 Å². The van der Waals surface area contributed by atoms with Crippen molar-refractivity contribution in [2.75, 3.05) is 7.05 Å². The lowest BCUT2D eigenvalue weighted by atomic mass is 10.2. The van der Waals surface area contributed by atoms with Crippen LogP contribution >= 0.6 is 27.3 Å². The molecule has 0 aliphatic carbocycles. The molecule has 0 saturated carbocycles. The van der Waals surface area contributed by atoms with E-state index in [0.29, 0.717) is 0 Å². The zero-order valence-corrected chi connectivity index (χ0v) is 11.8. The minimum atomic E-state index is -0.998. The first-order valence-corrected chi connectivity index (χ1v) is 6.71. The Labute approximate surface area is 116 Å². The zero-order valence-electron chi connectivity index (χ0n) is 9.42. The van der Waals surface area contributed by atoms with Gasteiger partial charge in [-0.3, -0.25) is 4.79 Å². The molecule has 0 saturated heterocycles. The normalized spacial score (nSPS) is 12.3. The fraction of sp³-hybridized carbons (Fsp3) is 0.182. The number of hydrogen-bond donors (Lipinski definition) is 2. The average Bonchev–Trinajstić information content (AvgIpc) is 2.77. The van der Waals surface area contributed by atoms with Gasteiger partial charge in [0.15, 0.2) is 11.9 Å². The lowest BCUT2D eigenvalue weighted by Crippen LogP contribution is -2.27. The minimum absolute atomic E-state index is 0.257. The molecule has 0 fully saturated rings. The standard InChI is InChI=1S/C11H10BrN3O2S/c1-13-9(11(16)17)10-14-5-4-6(15-10)7-2-3-8(12)18-7/h2-5,9,13H,1H3,(H,16,17). The number of nitrogens with one attached hydrogen (secondary N) is 1.